The molecule has 0 saturated heterocycles. The highest BCUT2D eigenvalue weighted by Crippen LogP contribution is 2.44. The SMILES string of the molecule is NC(=O)c1cnn2c1N[C@H](c1ccc(F)cc1)C[C@@H]2C(F)(F)F. The van der Waals surface area contributed by atoms with Gasteiger partial charge in [-0.25, -0.2) is 9.07 Å². The van der Waals surface area contributed by atoms with E-state index in [1.54, 1.807) is 0 Å². The van der Waals surface area contributed by atoms with Crippen molar-refractivity contribution in [3.05, 3.63) is 47.4 Å². The van der Waals surface area contributed by atoms with E-state index in [9.17, 15) is 22.4 Å². The predicted octanol–water partition coefficient (Wildman–Crippen LogP) is 2.78. The molecule has 2 atom stereocenters. The molecule has 9 heteroatoms. The maximum Gasteiger partial charge on any atom is 0.410 e. The number of hydrogen-bond donors (Lipinski definition) is 2. The first-order valence-electron chi connectivity index (χ1n) is 6.73. The summed E-state index contributed by atoms with van der Waals surface area (Å²) < 4.78 is 53.7. The fraction of sp³-hybridized carbons (Fsp3) is 0.286. The Morgan fingerprint density at radius 2 is 1.96 bits per heavy atom. The van der Waals surface area contributed by atoms with Crippen molar-refractivity contribution in [1.82, 2.24) is 9.78 Å². The van der Waals surface area contributed by atoms with Crippen molar-refractivity contribution in [2.45, 2.75) is 24.7 Å². The number of benzene rings is 1. The van der Waals surface area contributed by atoms with Crippen LogP contribution in [-0.4, -0.2) is 21.9 Å². The Bertz CT molecular complexity index is 738. The molecule has 122 valence electrons. The monoisotopic (exact) mass is 328 g/mol. The van der Waals surface area contributed by atoms with Gasteiger partial charge in [-0.1, -0.05) is 12.1 Å². The maximum atomic E-state index is 13.3. The first-order valence-corrected chi connectivity index (χ1v) is 6.73. The van der Waals surface area contributed by atoms with Crippen molar-refractivity contribution >= 4 is 11.7 Å². The van der Waals surface area contributed by atoms with Crippen LogP contribution in [-0.2, 0) is 0 Å². The van der Waals surface area contributed by atoms with Gasteiger partial charge >= 0.3 is 6.18 Å². The average molecular weight is 328 g/mol. The van der Waals surface area contributed by atoms with Gasteiger partial charge in [0, 0.05) is 6.42 Å². The minimum absolute atomic E-state index is 0.0830. The molecule has 0 bridgehead atoms. The van der Waals surface area contributed by atoms with Gasteiger partial charge in [-0.3, -0.25) is 4.79 Å². The number of amides is 1. The van der Waals surface area contributed by atoms with E-state index in [2.05, 4.69) is 10.4 Å². The predicted molar refractivity (Wildman–Crippen MR) is 73.2 cm³/mol. The number of nitrogens with zero attached hydrogens (tertiary/aromatic N) is 2. The molecule has 0 spiro atoms. The second kappa shape index (κ2) is 5.25. The van der Waals surface area contributed by atoms with E-state index in [0.29, 0.717) is 5.56 Å². The molecule has 0 unspecified atom stereocenters. The van der Waals surface area contributed by atoms with Gasteiger partial charge in [0.2, 0.25) is 0 Å². The third-order valence-corrected chi connectivity index (χ3v) is 3.78. The molecule has 0 fully saturated rings. The Hall–Kier alpha value is -2.58. The largest absolute Gasteiger partial charge is 0.410 e. The number of nitrogens with one attached hydrogen (secondary N) is 1. The number of carbonyl (C=O) groups is 1. The summed E-state index contributed by atoms with van der Waals surface area (Å²) in [5, 5.41) is 6.48. The Kier molecular flexibility index (Phi) is 3.50. The molecule has 1 amide bonds. The zero-order valence-electron chi connectivity index (χ0n) is 11.6. The van der Waals surface area contributed by atoms with Crippen LogP contribution in [0.4, 0.5) is 23.4 Å². The summed E-state index contributed by atoms with van der Waals surface area (Å²) in [6, 6.07) is 2.49. The summed E-state index contributed by atoms with van der Waals surface area (Å²) in [7, 11) is 0. The number of nitrogens with two attached hydrogens (primary N) is 1. The van der Waals surface area contributed by atoms with Crippen LogP contribution in [0.5, 0.6) is 0 Å². The minimum atomic E-state index is -4.55. The van der Waals surface area contributed by atoms with Gasteiger partial charge < -0.3 is 11.1 Å². The van der Waals surface area contributed by atoms with Crippen LogP contribution in [0.2, 0.25) is 0 Å². The van der Waals surface area contributed by atoms with Gasteiger partial charge in [-0.05, 0) is 17.7 Å². The fourth-order valence-electron chi connectivity index (χ4n) is 2.66. The summed E-state index contributed by atoms with van der Waals surface area (Å²) in [6.45, 7) is 0. The summed E-state index contributed by atoms with van der Waals surface area (Å²) in [4.78, 5) is 11.4. The lowest BCUT2D eigenvalue weighted by atomic mass is 9.96. The molecule has 5 nitrogen and oxygen atoms in total. The van der Waals surface area contributed by atoms with Crippen LogP contribution in [0.1, 0.15) is 34.4 Å². The second-order valence-corrected chi connectivity index (χ2v) is 5.26. The lowest BCUT2D eigenvalue weighted by Gasteiger charge is -2.33. The van der Waals surface area contributed by atoms with Crippen molar-refractivity contribution in [2.24, 2.45) is 5.73 Å². The van der Waals surface area contributed by atoms with E-state index in [0.717, 1.165) is 10.9 Å². The van der Waals surface area contributed by atoms with Crippen molar-refractivity contribution in [1.29, 1.82) is 0 Å². The van der Waals surface area contributed by atoms with E-state index in [-0.39, 0.29) is 17.8 Å². The van der Waals surface area contributed by atoms with Crippen LogP contribution in [0.3, 0.4) is 0 Å². The van der Waals surface area contributed by atoms with E-state index < -0.39 is 30.0 Å². The van der Waals surface area contributed by atoms with Crippen LogP contribution in [0.15, 0.2) is 30.5 Å². The average Bonchev–Trinajstić information content (AvgIpc) is 2.89. The van der Waals surface area contributed by atoms with Gasteiger partial charge in [0.05, 0.1) is 12.2 Å². The van der Waals surface area contributed by atoms with E-state index in [4.69, 9.17) is 5.73 Å². The van der Waals surface area contributed by atoms with Gasteiger partial charge in [-0.15, -0.1) is 0 Å². The summed E-state index contributed by atoms with van der Waals surface area (Å²) in [5.74, 6) is -1.44. The maximum absolute atomic E-state index is 13.3. The topological polar surface area (TPSA) is 72.9 Å². The fourth-order valence-corrected chi connectivity index (χ4v) is 2.66. The highest BCUT2D eigenvalue weighted by molar-refractivity contribution is 5.97. The molecule has 23 heavy (non-hydrogen) atoms. The smallest absolute Gasteiger partial charge is 0.365 e. The molecular formula is C14H12F4N4O. The van der Waals surface area contributed by atoms with Crippen LogP contribution in [0, 0.1) is 5.82 Å². The number of anilines is 1. The number of alkyl halides is 3. The lowest BCUT2D eigenvalue weighted by molar-refractivity contribution is -0.173. The Morgan fingerprint density at radius 3 is 2.52 bits per heavy atom. The van der Waals surface area contributed by atoms with E-state index >= 15 is 0 Å². The van der Waals surface area contributed by atoms with Gasteiger partial charge in [-0.2, -0.15) is 18.3 Å². The second-order valence-electron chi connectivity index (χ2n) is 5.26. The van der Waals surface area contributed by atoms with Crippen molar-refractivity contribution < 1.29 is 22.4 Å². The molecule has 2 aromatic rings. The Morgan fingerprint density at radius 1 is 1.30 bits per heavy atom. The number of primary amides is 1. The molecule has 3 N–H and O–H groups in total. The number of halogens is 4. The van der Waals surface area contributed by atoms with Crippen LogP contribution >= 0.6 is 0 Å². The lowest BCUT2D eigenvalue weighted by Crippen LogP contribution is -2.36. The molecular weight excluding hydrogens is 316 g/mol. The molecule has 1 aromatic carbocycles. The molecule has 2 heterocycles. The van der Waals surface area contributed by atoms with Gasteiger partial charge in [0.15, 0.2) is 6.04 Å². The molecule has 0 saturated carbocycles. The Balaban J connectivity index is 2.05. The van der Waals surface area contributed by atoms with E-state index in [1.165, 1.54) is 24.3 Å². The number of fused-ring (bicyclic) bond motifs is 1. The molecule has 3 rings (SSSR count). The van der Waals surface area contributed by atoms with Crippen LogP contribution < -0.4 is 11.1 Å². The molecule has 1 aromatic heterocycles. The van der Waals surface area contributed by atoms with Crippen molar-refractivity contribution in [2.75, 3.05) is 5.32 Å². The summed E-state index contributed by atoms with van der Waals surface area (Å²) >= 11 is 0. The van der Waals surface area contributed by atoms with Crippen LogP contribution in [0.25, 0.3) is 0 Å². The first-order chi connectivity index (χ1) is 10.8. The summed E-state index contributed by atoms with van der Waals surface area (Å²) in [6.07, 6.45) is -3.87. The third-order valence-electron chi connectivity index (χ3n) is 3.78. The Labute approximate surface area is 128 Å². The molecule has 0 aliphatic carbocycles. The van der Waals surface area contributed by atoms with Gasteiger partial charge in [0.25, 0.3) is 5.91 Å². The quantitative estimate of drug-likeness (QED) is 0.833. The zero-order chi connectivity index (χ0) is 16.8. The summed E-state index contributed by atoms with van der Waals surface area (Å²) in [5.41, 5.74) is 5.53. The first kappa shape index (κ1) is 15.3. The molecule has 0 radical (unpaired) electrons. The minimum Gasteiger partial charge on any atom is -0.365 e. The number of rotatable bonds is 2. The number of hydrogen-bond acceptors (Lipinski definition) is 3. The molecule has 1 aliphatic rings. The standard InChI is InChI=1S/C14H12F4N4O/c15-8-3-1-7(2-4-8)10-5-11(14(16,17)18)22-13(21-10)9(6-20-22)12(19)23/h1-4,6,10-11,21H,5H2,(H2,19,23)/t10-,11+/m0/s1. The highest BCUT2D eigenvalue weighted by Gasteiger charge is 2.47. The normalized spacial score (nSPS) is 20.7. The van der Waals surface area contributed by atoms with Crippen molar-refractivity contribution in [3.8, 4) is 0 Å². The van der Waals surface area contributed by atoms with Crippen molar-refractivity contribution in [3.63, 3.8) is 0 Å². The number of carbonyl (C=O) groups excluding carboxylic acids is 1. The zero-order valence-corrected chi connectivity index (χ0v) is 11.6. The van der Waals surface area contributed by atoms with E-state index in [1.807, 2.05) is 0 Å². The molecule has 1 aliphatic heterocycles. The van der Waals surface area contributed by atoms with Gasteiger partial charge in [0.1, 0.15) is 17.2 Å². The number of aromatic nitrogens is 2. The third kappa shape index (κ3) is 2.73. The highest BCUT2D eigenvalue weighted by atomic mass is 19.4.